The summed E-state index contributed by atoms with van der Waals surface area (Å²) in [6, 6.07) is 24.8. The largest absolute Gasteiger partial charge is 0.508 e. The Morgan fingerprint density at radius 2 is 1.69 bits per heavy atom. The molecule has 4 aromatic rings. The fraction of sp³-hybridized carbons (Fsp3) is 0.120. The lowest BCUT2D eigenvalue weighted by Crippen LogP contribution is -2.30. The average Bonchev–Trinajstić information content (AvgIpc) is 3.44. The zero-order chi connectivity index (χ0) is 22.1. The van der Waals surface area contributed by atoms with Gasteiger partial charge in [0.15, 0.2) is 5.11 Å². The van der Waals surface area contributed by atoms with Crippen molar-refractivity contribution in [2.45, 2.75) is 12.1 Å². The van der Waals surface area contributed by atoms with Crippen LogP contribution in [0.25, 0.3) is 5.69 Å². The van der Waals surface area contributed by atoms with Gasteiger partial charge in [0.2, 0.25) is 0 Å². The van der Waals surface area contributed by atoms with Crippen molar-refractivity contribution in [2.24, 2.45) is 0 Å². The van der Waals surface area contributed by atoms with Crippen molar-refractivity contribution in [3.63, 3.8) is 0 Å². The fourth-order valence-corrected chi connectivity index (χ4v) is 4.51. The first-order valence-corrected chi connectivity index (χ1v) is 10.7. The van der Waals surface area contributed by atoms with Crippen LogP contribution in [0.15, 0.2) is 91.3 Å². The standard InChI is InChI=1S/C25H22N4O2S/c1-31-20-13-9-18(10-14-20)29-24(23(27-25(29)32)21-5-2-3-15-26-21)22-6-4-16-28(22)17-7-11-19(30)12-8-17/h2-16,23-24,30H,1H3,(H,27,32)/t23-,24-/m1/s1. The van der Waals surface area contributed by atoms with Gasteiger partial charge in [-0.1, -0.05) is 6.07 Å². The first-order chi connectivity index (χ1) is 15.7. The molecule has 160 valence electrons. The zero-order valence-electron chi connectivity index (χ0n) is 17.4. The molecule has 2 atom stereocenters. The number of phenols is 1. The van der Waals surface area contributed by atoms with E-state index in [1.807, 2.05) is 66.9 Å². The van der Waals surface area contributed by atoms with Gasteiger partial charge in [-0.15, -0.1) is 0 Å². The molecule has 1 saturated heterocycles. The van der Waals surface area contributed by atoms with Crippen molar-refractivity contribution in [3.05, 3.63) is 103 Å². The van der Waals surface area contributed by atoms with E-state index < -0.39 is 0 Å². The van der Waals surface area contributed by atoms with Crippen LogP contribution in [0.4, 0.5) is 5.69 Å². The van der Waals surface area contributed by atoms with Crippen LogP contribution in [0.5, 0.6) is 11.5 Å². The summed E-state index contributed by atoms with van der Waals surface area (Å²) in [4.78, 5) is 6.74. The van der Waals surface area contributed by atoms with Crippen LogP contribution in [0.1, 0.15) is 23.5 Å². The number of rotatable bonds is 5. The molecule has 3 heterocycles. The van der Waals surface area contributed by atoms with Crippen LogP contribution >= 0.6 is 12.2 Å². The third-order valence-corrected chi connectivity index (χ3v) is 5.97. The molecule has 2 N–H and O–H groups in total. The summed E-state index contributed by atoms with van der Waals surface area (Å²) in [6.07, 6.45) is 3.82. The number of nitrogens with one attached hydrogen (secondary N) is 1. The van der Waals surface area contributed by atoms with E-state index in [-0.39, 0.29) is 17.8 Å². The highest BCUT2D eigenvalue weighted by molar-refractivity contribution is 7.80. The molecule has 5 rings (SSSR count). The molecule has 7 heteroatoms. The minimum absolute atomic E-state index is 0.142. The first kappa shape index (κ1) is 20.1. The van der Waals surface area contributed by atoms with Gasteiger partial charge < -0.3 is 24.6 Å². The molecule has 1 aliphatic rings. The Morgan fingerprint density at radius 3 is 2.38 bits per heavy atom. The van der Waals surface area contributed by atoms with E-state index in [1.54, 1.807) is 25.4 Å². The molecule has 6 nitrogen and oxygen atoms in total. The molecule has 32 heavy (non-hydrogen) atoms. The molecule has 0 amide bonds. The molecule has 1 fully saturated rings. The van der Waals surface area contributed by atoms with Crippen molar-refractivity contribution in [3.8, 4) is 17.2 Å². The minimum atomic E-state index is -0.144. The van der Waals surface area contributed by atoms with E-state index >= 15 is 0 Å². The summed E-state index contributed by atoms with van der Waals surface area (Å²) in [7, 11) is 1.65. The van der Waals surface area contributed by atoms with E-state index in [2.05, 4.69) is 25.8 Å². The Labute approximate surface area is 191 Å². The number of phenolic OH excluding ortho intramolecular Hbond substituents is 1. The number of hydrogen-bond acceptors (Lipinski definition) is 4. The van der Waals surface area contributed by atoms with Gasteiger partial charge in [-0.3, -0.25) is 4.98 Å². The van der Waals surface area contributed by atoms with Gasteiger partial charge in [-0.05, 0) is 85.0 Å². The van der Waals surface area contributed by atoms with E-state index in [9.17, 15) is 5.11 Å². The Kier molecular flexibility index (Phi) is 5.25. The van der Waals surface area contributed by atoms with Crippen molar-refractivity contribution in [1.82, 2.24) is 14.9 Å². The van der Waals surface area contributed by atoms with E-state index in [0.717, 1.165) is 28.5 Å². The number of nitrogens with zero attached hydrogens (tertiary/aromatic N) is 3. The van der Waals surface area contributed by atoms with Gasteiger partial charge >= 0.3 is 0 Å². The van der Waals surface area contributed by atoms with Crippen molar-refractivity contribution in [1.29, 1.82) is 0 Å². The number of hydrogen-bond donors (Lipinski definition) is 2. The summed E-state index contributed by atoms with van der Waals surface area (Å²) >= 11 is 5.80. The number of anilines is 1. The van der Waals surface area contributed by atoms with Gasteiger partial charge in [0, 0.05) is 29.5 Å². The molecular weight excluding hydrogens is 420 g/mol. The van der Waals surface area contributed by atoms with Gasteiger partial charge in [-0.25, -0.2) is 0 Å². The van der Waals surface area contributed by atoms with Gasteiger partial charge in [0.1, 0.15) is 17.5 Å². The Hall–Kier alpha value is -3.84. The predicted molar refractivity (Wildman–Crippen MR) is 128 cm³/mol. The highest BCUT2D eigenvalue weighted by atomic mass is 32.1. The summed E-state index contributed by atoms with van der Waals surface area (Å²) in [5.74, 6) is 1.02. The molecule has 0 bridgehead atoms. The quantitative estimate of drug-likeness (QED) is 0.435. The van der Waals surface area contributed by atoms with Crippen molar-refractivity contribution >= 4 is 23.0 Å². The molecule has 2 aromatic carbocycles. The molecule has 0 saturated carbocycles. The number of aromatic hydroxyl groups is 1. The lowest BCUT2D eigenvalue weighted by Gasteiger charge is -2.29. The van der Waals surface area contributed by atoms with Crippen LogP contribution in [-0.4, -0.2) is 26.9 Å². The normalized spacial score (nSPS) is 17.9. The molecule has 0 spiro atoms. The second kappa shape index (κ2) is 8.36. The van der Waals surface area contributed by atoms with Gasteiger partial charge in [0.25, 0.3) is 0 Å². The summed E-state index contributed by atoms with van der Waals surface area (Å²) in [5.41, 5.74) is 3.88. The number of thiocarbonyl (C=S) groups is 1. The van der Waals surface area contributed by atoms with E-state index in [1.165, 1.54) is 0 Å². The number of aromatic nitrogens is 2. The number of benzene rings is 2. The summed E-state index contributed by atoms with van der Waals surface area (Å²) < 4.78 is 7.45. The molecular formula is C25H22N4O2S. The van der Waals surface area contributed by atoms with Crippen LogP contribution in [0.3, 0.4) is 0 Å². The smallest absolute Gasteiger partial charge is 0.174 e. The maximum Gasteiger partial charge on any atom is 0.174 e. The number of ether oxygens (including phenoxy) is 1. The molecule has 2 aromatic heterocycles. The predicted octanol–water partition coefficient (Wildman–Crippen LogP) is 4.76. The average molecular weight is 443 g/mol. The fourth-order valence-electron chi connectivity index (χ4n) is 4.16. The third-order valence-electron chi connectivity index (χ3n) is 5.66. The molecule has 0 aliphatic carbocycles. The second-order valence-electron chi connectivity index (χ2n) is 7.51. The molecule has 1 aliphatic heterocycles. The third kappa shape index (κ3) is 3.56. The summed E-state index contributed by atoms with van der Waals surface area (Å²) in [5, 5.41) is 13.8. The lowest BCUT2D eigenvalue weighted by molar-refractivity contribution is 0.415. The van der Waals surface area contributed by atoms with Gasteiger partial charge in [0.05, 0.1) is 18.8 Å². The Bertz CT molecular complexity index is 1220. The van der Waals surface area contributed by atoms with Crippen molar-refractivity contribution in [2.75, 3.05) is 12.0 Å². The number of pyridine rings is 1. The van der Waals surface area contributed by atoms with Crippen LogP contribution < -0.4 is 15.0 Å². The van der Waals surface area contributed by atoms with Crippen LogP contribution in [0.2, 0.25) is 0 Å². The maximum atomic E-state index is 9.73. The second-order valence-corrected chi connectivity index (χ2v) is 7.90. The highest BCUT2D eigenvalue weighted by Gasteiger charge is 2.42. The lowest BCUT2D eigenvalue weighted by atomic mass is 10.0. The molecule has 0 radical (unpaired) electrons. The van der Waals surface area contributed by atoms with E-state index in [0.29, 0.717) is 5.11 Å². The summed E-state index contributed by atoms with van der Waals surface area (Å²) in [6.45, 7) is 0. The zero-order valence-corrected chi connectivity index (χ0v) is 18.2. The van der Waals surface area contributed by atoms with Crippen LogP contribution in [0, 0.1) is 0 Å². The Morgan fingerprint density at radius 1 is 0.938 bits per heavy atom. The SMILES string of the molecule is COc1ccc(N2C(=S)N[C@H](c3ccccn3)[C@H]2c2cccn2-c2ccc(O)cc2)cc1. The van der Waals surface area contributed by atoms with Crippen molar-refractivity contribution < 1.29 is 9.84 Å². The monoisotopic (exact) mass is 442 g/mol. The Balaban J connectivity index is 1.64. The van der Waals surface area contributed by atoms with Crippen LogP contribution in [-0.2, 0) is 0 Å². The van der Waals surface area contributed by atoms with Gasteiger partial charge in [-0.2, -0.15) is 0 Å². The topological polar surface area (TPSA) is 62.5 Å². The maximum absolute atomic E-state index is 9.73. The van der Waals surface area contributed by atoms with E-state index in [4.69, 9.17) is 17.0 Å². The highest BCUT2D eigenvalue weighted by Crippen LogP contribution is 2.42. The first-order valence-electron chi connectivity index (χ1n) is 10.3. The number of methoxy groups -OCH3 is 1. The molecule has 0 unspecified atom stereocenters. The minimum Gasteiger partial charge on any atom is -0.508 e.